The number of nitrogens with zero attached hydrogens (tertiary/aromatic N) is 2. The largest absolute Gasteiger partial charge is 0.465 e. The number of aldehydes is 2. The number of unbranched alkanes of at least 4 members (excludes halogenated alkanes) is 1. The van der Waals surface area contributed by atoms with Crippen LogP contribution < -0.4 is 16.4 Å². The van der Waals surface area contributed by atoms with Crippen LogP contribution in [0.1, 0.15) is 94.2 Å². The van der Waals surface area contributed by atoms with Crippen molar-refractivity contribution in [2.75, 3.05) is 34.0 Å². The average Bonchev–Trinajstić information content (AvgIpc) is 4.09. The summed E-state index contributed by atoms with van der Waals surface area (Å²) in [6.07, 6.45) is 4.14. The molecule has 0 saturated heterocycles. The topological polar surface area (TPSA) is 210 Å². The van der Waals surface area contributed by atoms with Gasteiger partial charge in [-0.25, -0.2) is 33.3 Å². The van der Waals surface area contributed by atoms with Crippen LogP contribution in [0.3, 0.4) is 0 Å². The molecule has 0 N–H and O–H groups in total. The van der Waals surface area contributed by atoms with Crippen LogP contribution >= 0.6 is 7.92 Å². The molecule has 0 fully saturated rings. The van der Waals surface area contributed by atoms with E-state index in [2.05, 4.69) is 6.58 Å². The fourth-order valence-electron chi connectivity index (χ4n) is 8.29. The summed E-state index contributed by atoms with van der Waals surface area (Å²) >= 11 is 0. The second-order valence-electron chi connectivity index (χ2n) is 17.6. The van der Waals surface area contributed by atoms with Crippen molar-refractivity contribution in [3.05, 3.63) is 266 Å². The van der Waals surface area contributed by atoms with Gasteiger partial charge in [-0.15, -0.1) is 0 Å². The first-order valence-electron chi connectivity index (χ1n) is 25.5. The van der Waals surface area contributed by atoms with Gasteiger partial charge in [-0.1, -0.05) is 153 Å². The summed E-state index contributed by atoms with van der Waals surface area (Å²) < 4.78 is 27.9. The number of rotatable bonds is 17. The van der Waals surface area contributed by atoms with Crippen LogP contribution in [0.15, 0.2) is 216 Å². The molecule has 8 aromatic rings. The number of esters is 5. The molecule has 0 aliphatic carbocycles. The van der Waals surface area contributed by atoms with Crippen molar-refractivity contribution in [2.24, 2.45) is 5.92 Å². The van der Waals surface area contributed by atoms with Crippen LogP contribution in [-0.4, -0.2) is 85.8 Å². The highest BCUT2D eigenvalue weighted by atomic mass is 31.1. The van der Waals surface area contributed by atoms with Gasteiger partial charge in [0.05, 0.1) is 59.4 Å². The van der Waals surface area contributed by atoms with Crippen molar-refractivity contribution >= 4 is 66.4 Å². The van der Waals surface area contributed by atoms with E-state index in [0.717, 1.165) is 17.9 Å². The molecule has 1 unspecified atom stereocenters. The van der Waals surface area contributed by atoms with E-state index in [-0.39, 0.29) is 58.9 Å². The number of hydrogen-bond acceptors (Lipinski definition) is 14. The average molecular weight is 1110 g/mol. The zero-order valence-electron chi connectivity index (χ0n) is 44.7. The molecule has 81 heavy (non-hydrogen) atoms. The molecule has 16 nitrogen and oxygen atoms in total. The van der Waals surface area contributed by atoms with Gasteiger partial charge in [-0.05, 0) is 91.4 Å². The number of benzene rings is 7. The number of methoxy groups -OCH3 is 2. The summed E-state index contributed by atoms with van der Waals surface area (Å²) in [7, 11) is 1.09. The van der Waals surface area contributed by atoms with Crippen LogP contribution in [0.2, 0.25) is 0 Å². The monoisotopic (exact) mass is 1110 g/mol. The number of hydrogen-bond donors (Lipinski definition) is 0. The Hall–Kier alpha value is -9.66. The minimum atomic E-state index is -1.52. The van der Waals surface area contributed by atoms with E-state index in [9.17, 15) is 43.2 Å². The zero-order chi connectivity index (χ0) is 58.1. The summed E-state index contributed by atoms with van der Waals surface area (Å²) in [6, 6.07) is 56.6. The van der Waals surface area contributed by atoms with E-state index < -0.39 is 31.4 Å². The normalized spacial score (nSPS) is 13.3. The van der Waals surface area contributed by atoms with Gasteiger partial charge in [0.25, 0.3) is 11.1 Å². The Balaban J connectivity index is 0.000000214. The summed E-state index contributed by atoms with van der Waals surface area (Å²) in [5, 5.41) is 1.44. The van der Waals surface area contributed by atoms with Gasteiger partial charge in [0.2, 0.25) is 0 Å². The lowest BCUT2D eigenvalue weighted by atomic mass is 10.1. The van der Waals surface area contributed by atoms with Gasteiger partial charge >= 0.3 is 29.8 Å². The Morgan fingerprint density at radius 1 is 0.519 bits per heavy atom. The zero-order valence-corrected chi connectivity index (χ0v) is 45.6. The molecule has 1 aliphatic rings. The van der Waals surface area contributed by atoms with Crippen LogP contribution in [0.5, 0.6) is 0 Å². The maximum Gasteiger partial charge on any atom is 0.338 e. The molecule has 0 amide bonds. The molecular weight excluding hydrogens is 1050 g/mol. The predicted molar refractivity (Wildman–Crippen MR) is 308 cm³/mol. The minimum Gasteiger partial charge on any atom is -0.465 e. The highest BCUT2D eigenvalue weighted by Crippen LogP contribution is 2.65. The van der Waals surface area contributed by atoms with Gasteiger partial charge < -0.3 is 33.3 Å². The van der Waals surface area contributed by atoms with Gasteiger partial charge in [0, 0.05) is 12.3 Å². The van der Waals surface area contributed by atoms with Gasteiger partial charge in [-0.3, -0.25) is 9.59 Å². The quantitative estimate of drug-likeness (QED) is 0.0208. The molecule has 17 heteroatoms. The number of ether oxygens (including phenoxy) is 5. The molecule has 0 spiro atoms. The standard InChI is InChI=1S/C32H25N2O6P.2C11H12O3.C10H10O2/c1-39-31(37)25-18-10-8-16-23(25)29-33-27(35)21-14-6-7-15-22(21)28(36)34(33)30(41(29)20-12-4-3-5-13-20)24-17-9-11-19-26(24)32(38)40-2;1-9(7-12)8-14-11(13)10-5-3-2-4-6-10;12-8-4-5-9-14-11(13)10-6-2-1-3-7-10;1-2-8-12-10(11)9-6-4-3-5-7-9/h3-19,29-30H,1-2H3;2-7,9H,8H2,1H3;1-3,6-8H,4-5,9H2;2-7H,1,8H2/t29-,30-;;;/m1.../s1. The van der Waals surface area contributed by atoms with Crippen LogP contribution in [0, 0.1) is 5.92 Å². The fourth-order valence-corrected chi connectivity index (χ4v) is 11.6. The molecule has 0 radical (unpaired) electrons. The summed E-state index contributed by atoms with van der Waals surface area (Å²) in [5.74, 6) is -3.85. The number of carbonyl (C=O) groups excluding carboxylic acids is 7. The summed E-state index contributed by atoms with van der Waals surface area (Å²) in [5.41, 5.74) is 2.57. The van der Waals surface area contributed by atoms with Gasteiger partial charge in [-0.2, -0.15) is 0 Å². The van der Waals surface area contributed by atoms with E-state index in [1.807, 2.05) is 48.5 Å². The third-order valence-electron chi connectivity index (χ3n) is 12.1. The van der Waals surface area contributed by atoms with Crippen molar-refractivity contribution in [3.8, 4) is 0 Å². The lowest BCUT2D eigenvalue weighted by Crippen LogP contribution is -2.38. The molecule has 9 rings (SSSR count). The Kier molecular flexibility index (Phi) is 23.2. The van der Waals surface area contributed by atoms with E-state index in [0.29, 0.717) is 58.4 Å². The molecule has 0 bridgehead atoms. The van der Waals surface area contributed by atoms with Crippen molar-refractivity contribution in [3.63, 3.8) is 0 Å². The maximum atomic E-state index is 14.3. The second-order valence-corrected chi connectivity index (χ2v) is 19.9. The molecule has 3 atom stereocenters. The van der Waals surface area contributed by atoms with Crippen molar-refractivity contribution in [2.45, 2.75) is 31.3 Å². The third kappa shape index (κ3) is 15.8. The van der Waals surface area contributed by atoms with Crippen LogP contribution in [-0.2, 0) is 33.3 Å². The van der Waals surface area contributed by atoms with Gasteiger partial charge in [0.15, 0.2) is 0 Å². The smallest absolute Gasteiger partial charge is 0.338 e. The van der Waals surface area contributed by atoms with Crippen LogP contribution in [0.4, 0.5) is 0 Å². The fraction of sp³-hybridized carbons (Fsp3) is 0.172. The van der Waals surface area contributed by atoms with E-state index in [4.69, 9.17) is 23.7 Å². The Morgan fingerprint density at radius 2 is 0.901 bits per heavy atom. The molecule has 1 aromatic heterocycles. The molecule has 2 heterocycles. The lowest BCUT2D eigenvalue weighted by molar-refractivity contribution is -0.111. The van der Waals surface area contributed by atoms with Gasteiger partial charge in [0.1, 0.15) is 37.4 Å². The predicted octanol–water partition coefficient (Wildman–Crippen LogP) is 10.2. The summed E-state index contributed by atoms with van der Waals surface area (Å²) in [6.45, 7) is 5.84. The SMILES string of the molecule is C=CCOC(=O)c1ccccc1.CC(C=O)COC(=O)c1ccccc1.COC(=O)c1ccccc1[C@@H]1n2c(=O)c3ccccc3c(=O)n2[C@@H](c2ccccc2C(=O)OC)P1c1ccccc1.O=CCCCOC(=O)c1ccccc1. The number of aromatic nitrogens is 2. The number of carbonyl (C=O) groups is 7. The molecular formula is C64H59N2O14P. The molecule has 7 aromatic carbocycles. The molecule has 414 valence electrons. The van der Waals surface area contributed by atoms with Crippen molar-refractivity contribution < 1.29 is 57.2 Å². The van der Waals surface area contributed by atoms with Crippen molar-refractivity contribution in [1.29, 1.82) is 0 Å². The first-order valence-corrected chi connectivity index (χ1v) is 27.0. The maximum absolute atomic E-state index is 14.3. The van der Waals surface area contributed by atoms with Crippen LogP contribution in [0.25, 0.3) is 10.8 Å². The second kappa shape index (κ2) is 31.1. The Morgan fingerprint density at radius 3 is 1.31 bits per heavy atom. The lowest BCUT2D eigenvalue weighted by Gasteiger charge is -2.27. The third-order valence-corrected chi connectivity index (χ3v) is 15.1. The Labute approximate surface area is 468 Å². The molecule has 1 aliphatic heterocycles. The molecule has 0 saturated carbocycles. The van der Waals surface area contributed by atoms with E-state index >= 15 is 0 Å². The highest BCUT2D eigenvalue weighted by molar-refractivity contribution is 7.66. The van der Waals surface area contributed by atoms with E-state index in [1.165, 1.54) is 23.6 Å². The number of fused-ring (bicyclic) bond motifs is 2. The highest BCUT2D eigenvalue weighted by Gasteiger charge is 2.47. The minimum absolute atomic E-state index is 0.136. The van der Waals surface area contributed by atoms with Crippen molar-refractivity contribution in [1.82, 2.24) is 9.36 Å². The first-order chi connectivity index (χ1) is 39.4. The first kappa shape index (κ1) is 60.6. The Bertz CT molecular complexity index is 3430. The summed E-state index contributed by atoms with van der Waals surface area (Å²) in [4.78, 5) is 109. The van der Waals surface area contributed by atoms with E-state index in [1.54, 1.807) is 159 Å².